The third kappa shape index (κ3) is 3.10. The van der Waals surface area contributed by atoms with Gasteiger partial charge < -0.3 is 10.5 Å². The predicted octanol–water partition coefficient (Wildman–Crippen LogP) is 1.20. The van der Waals surface area contributed by atoms with Crippen LogP contribution >= 0.6 is 0 Å². The first-order valence-electron chi connectivity index (χ1n) is 5.68. The van der Waals surface area contributed by atoms with Crippen molar-refractivity contribution < 1.29 is 14.4 Å². The number of carbonyl (C=O) groups excluding carboxylic acids is 1. The lowest BCUT2D eigenvalue weighted by molar-refractivity contribution is -0.169. The van der Waals surface area contributed by atoms with E-state index in [0.717, 1.165) is 6.42 Å². The second kappa shape index (κ2) is 5.54. The quantitative estimate of drug-likeness (QED) is 0.798. The zero-order chi connectivity index (χ0) is 12.1. The number of benzene rings is 1. The normalized spacial score (nSPS) is 14.9. The molecule has 17 heavy (non-hydrogen) atoms. The lowest BCUT2D eigenvalue weighted by Crippen LogP contribution is -2.27. The number of ether oxygens (including phenoxy) is 1. The fraction of sp³-hybridized carbons (Fsp3) is 0.417. The highest BCUT2D eigenvalue weighted by Crippen LogP contribution is 2.19. The molecule has 1 aliphatic rings. The van der Waals surface area contributed by atoms with Gasteiger partial charge in [-0.1, -0.05) is 12.1 Å². The SMILES string of the molecule is Nc1ccccc1OCCC(=O)N1CCCO1. The van der Waals surface area contributed by atoms with Crippen molar-refractivity contribution in [2.24, 2.45) is 0 Å². The second-order valence-electron chi connectivity index (χ2n) is 3.82. The molecule has 0 atom stereocenters. The molecule has 1 fully saturated rings. The molecule has 2 rings (SSSR count). The van der Waals surface area contributed by atoms with E-state index in [1.807, 2.05) is 12.1 Å². The Hall–Kier alpha value is -1.75. The lowest BCUT2D eigenvalue weighted by Gasteiger charge is -2.14. The van der Waals surface area contributed by atoms with E-state index in [9.17, 15) is 4.79 Å². The monoisotopic (exact) mass is 236 g/mol. The molecule has 92 valence electrons. The number of rotatable bonds is 4. The van der Waals surface area contributed by atoms with E-state index in [-0.39, 0.29) is 5.91 Å². The van der Waals surface area contributed by atoms with E-state index >= 15 is 0 Å². The molecule has 0 spiro atoms. The van der Waals surface area contributed by atoms with Gasteiger partial charge in [0, 0.05) is 0 Å². The van der Waals surface area contributed by atoms with Gasteiger partial charge in [-0.25, -0.2) is 5.06 Å². The Bertz CT molecular complexity index is 389. The third-order valence-electron chi connectivity index (χ3n) is 2.52. The zero-order valence-corrected chi connectivity index (χ0v) is 9.59. The molecule has 5 nitrogen and oxygen atoms in total. The minimum absolute atomic E-state index is 0.0444. The fourth-order valence-electron chi connectivity index (χ4n) is 1.63. The van der Waals surface area contributed by atoms with Crippen molar-refractivity contribution in [1.29, 1.82) is 0 Å². The average Bonchev–Trinajstić information content (AvgIpc) is 2.85. The molecule has 1 aromatic rings. The van der Waals surface area contributed by atoms with Gasteiger partial charge in [-0.3, -0.25) is 9.63 Å². The number of nitrogen functional groups attached to an aromatic ring is 1. The van der Waals surface area contributed by atoms with Gasteiger partial charge in [0.2, 0.25) is 5.91 Å². The first-order chi connectivity index (χ1) is 8.27. The van der Waals surface area contributed by atoms with Crippen LogP contribution in [0.3, 0.4) is 0 Å². The highest BCUT2D eigenvalue weighted by Gasteiger charge is 2.18. The summed E-state index contributed by atoms with van der Waals surface area (Å²) in [6.45, 7) is 1.61. The van der Waals surface area contributed by atoms with E-state index in [2.05, 4.69) is 0 Å². The smallest absolute Gasteiger partial charge is 0.249 e. The van der Waals surface area contributed by atoms with Crippen LogP contribution in [-0.4, -0.2) is 30.7 Å². The highest BCUT2D eigenvalue weighted by atomic mass is 16.7. The Morgan fingerprint density at radius 3 is 3.00 bits per heavy atom. The summed E-state index contributed by atoms with van der Waals surface area (Å²) in [5.74, 6) is 0.569. The number of nitrogens with two attached hydrogens (primary N) is 1. The number of anilines is 1. The number of carbonyl (C=O) groups is 1. The molecular formula is C12H16N2O3. The predicted molar refractivity (Wildman–Crippen MR) is 63.2 cm³/mol. The molecule has 1 heterocycles. The zero-order valence-electron chi connectivity index (χ0n) is 9.59. The van der Waals surface area contributed by atoms with Crippen LogP contribution in [0.25, 0.3) is 0 Å². The maximum atomic E-state index is 11.6. The molecule has 0 saturated carbocycles. The van der Waals surface area contributed by atoms with Gasteiger partial charge in [0.05, 0.1) is 31.9 Å². The van der Waals surface area contributed by atoms with E-state index in [1.54, 1.807) is 12.1 Å². The minimum Gasteiger partial charge on any atom is -0.491 e. The van der Waals surface area contributed by atoms with Crippen LogP contribution < -0.4 is 10.5 Å². The van der Waals surface area contributed by atoms with Gasteiger partial charge >= 0.3 is 0 Å². The van der Waals surface area contributed by atoms with Crippen molar-refractivity contribution >= 4 is 11.6 Å². The highest BCUT2D eigenvalue weighted by molar-refractivity contribution is 5.75. The number of para-hydroxylation sites is 2. The molecule has 1 saturated heterocycles. The molecule has 5 heteroatoms. The van der Waals surface area contributed by atoms with Crippen LogP contribution in [0.15, 0.2) is 24.3 Å². The third-order valence-corrected chi connectivity index (χ3v) is 2.52. The van der Waals surface area contributed by atoms with E-state index < -0.39 is 0 Å². The number of hydrogen-bond acceptors (Lipinski definition) is 4. The summed E-state index contributed by atoms with van der Waals surface area (Å²) in [5.41, 5.74) is 6.30. The molecule has 0 unspecified atom stereocenters. The molecule has 0 radical (unpaired) electrons. The van der Waals surface area contributed by atoms with Gasteiger partial charge in [0.15, 0.2) is 0 Å². The Morgan fingerprint density at radius 1 is 1.47 bits per heavy atom. The van der Waals surface area contributed by atoms with Gasteiger partial charge in [-0.05, 0) is 18.6 Å². The van der Waals surface area contributed by atoms with Gasteiger partial charge in [-0.2, -0.15) is 0 Å². The number of amides is 1. The van der Waals surface area contributed by atoms with Crippen molar-refractivity contribution in [3.8, 4) is 5.75 Å². The van der Waals surface area contributed by atoms with Crippen molar-refractivity contribution in [2.75, 3.05) is 25.5 Å². The molecule has 1 aliphatic heterocycles. The second-order valence-corrected chi connectivity index (χ2v) is 3.82. The molecule has 0 aliphatic carbocycles. The van der Waals surface area contributed by atoms with Crippen molar-refractivity contribution in [1.82, 2.24) is 5.06 Å². The van der Waals surface area contributed by atoms with Crippen molar-refractivity contribution in [2.45, 2.75) is 12.8 Å². The van der Waals surface area contributed by atoms with Crippen molar-refractivity contribution in [3.05, 3.63) is 24.3 Å². The van der Waals surface area contributed by atoms with Gasteiger partial charge in [0.1, 0.15) is 5.75 Å². The molecule has 0 bridgehead atoms. The van der Waals surface area contributed by atoms with E-state index in [1.165, 1.54) is 5.06 Å². The van der Waals surface area contributed by atoms with Crippen LogP contribution in [0.2, 0.25) is 0 Å². The summed E-state index contributed by atoms with van der Waals surface area (Å²) in [4.78, 5) is 16.8. The van der Waals surface area contributed by atoms with Crippen LogP contribution in [0.5, 0.6) is 5.75 Å². The van der Waals surface area contributed by atoms with Gasteiger partial charge in [-0.15, -0.1) is 0 Å². The maximum Gasteiger partial charge on any atom is 0.249 e. The lowest BCUT2D eigenvalue weighted by atomic mass is 10.3. The summed E-state index contributed by atoms with van der Waals surface area (Å²) in [5, 5.41) is 1.40. The van der Waals surface area contributed by atoms with Crippen LogP contribution in [0.1, 0.15) is 12.8 Å². The van der Waals surface area contributed by atoms with Crippen LogP contribution in [0.4, 0.5) is 5.69 Å². The largest absolute Gasteiger partial charge is 0.491 e. The Labute approximate surface area is 100 Å². The Balaban J connectivity index is 1.76. The number of hydrogen-bond donors (Lipinski definition) is 1. The topological polar surface area (TPSA) is 64.8 Å². The molecule has 1 aromatic carbocycles. The Kier molecular flexibility index (Phi) is 3.82. The van der Waals surface area contributed by atoms with E-state index in [4.69, 9.17) is 15.3 Å². The fourth-order valence-corrected chi connectivity index (χ4v) is 1.63. The molecule has 2 N–H and O–H groups in total. The average molecular weight is 236 g/mol. The number of nitrogens with zero attached hydrogens (tertiary/aromatic N) is 1. The summed E-state index contributed by atoms with van der Waals surface area (Å²) in [6.07, 6.45) is 1.20. The Morgan fingerprint density at radius 2 is 2.29 bits per heavy atom. The van der Waals surface area contributed by atoms with Crippen LogP contribution in [0, 0.1) is 0 Å². The standard InChI is InChI=1S/C12H16N2O3/c13-10-4-1-2-5-11(10)16-9-6-12(15)14-7-3-8-17-14/h1-2,4-5H,3,6-9,13H2. The maximum absolute atomic E-state index is 11.6. The first kappa shape index (κ1) is 11.7. The summed E-state index contributed by atoms with van der Waals surface area (Å²) < 4.78 is 5.44. The first-order valence-corrected chi connectivity index (χ1v) is 5.68. The van der Waals surface area contributed by atoms with Crippen LogP contribution in [-0.2, 0) is 9.63 Å². The summed E-state index contributed by atoms with van der Waals surface area (Å²) in [7, 11) is 0. The summed E-state index contributed by atoms with van der Waals surface area (Å²) in [6, 6.07) is 7.23. The number of hydroxylamine groups is 2. The molecular weight excluding hydrogens is 220 g/mol. The molecule has 0 aromatic heterocycles. The van der Waals surface area contributed by atoms with E-state index in [0.29, 0.717) is 37.6 Å². The van der Waals surface area contributed by atoms with Gasteiger partial charge in [0.25, 0.3) is 0 Å². The summed E-state index contributed by atoms with van der Waals surface area (Å²) >= 11 is 0. The minimum atomic E-state index is -0.0444. The van der Waals surface area contributed by atoms with Crippen molar-refractivity contribution in [3.63, 3.8) is 0 Å². The molecule has 1 amide bonds.